The van der Waals surface area contributed by atoms with Crippen LogP contribution in [-0.2, 0) is 9.53 Å². The average Bonchev–Trinajstić information content (AvgIpc) is 2.89. The number of hydrogen-bond acceptors (Lipinski definition) is 3. The summed E-state index contributed by atoms with van der Waals surface area (Å²) in [6.45, 7) is 5.00. The van der Waals surface area contributed by atoms with E-state index in [1.165, 1.54) is 12.8 Å². The van der Waals surface area contributed by atoms with Crippen molar-refractivity contribution in [1.82, 2.24) is 4.90 Å². The molecule has 1 saturated heterocycles. The number of nitrogens with two attached hydrogens (primary N) is 1. The summed E-state index contributed by atoms with van der Waals surface area (Å²) in [6.07, 6.45) is 5.49. The maximum absolute atomic E-state index is 12.6. The van der Waals surface area contributed by atoms with Gasteiger partial charge in [-0.15, -0.1) is 0 Å². The van der Waals surface area contributed by atoms with Crippen LogP contribution in [0.1, 0.15) is 39.0 Å². The largest absolute Gasteiger partial charge is 0.381 e. The van der Waals surface area contributed by atoms with E-state index in [2.05, 4.69) is 11.8 Å². The summed E-state index contributed by atoms with van der Waals surface area (Å²) in [5, 5.41) is 0. The molecule has 2 N–H and O–H groups in total. The molecule has 0 aromatic carbocycles. The fourth-order valence-corrected chi connectivity index (χ4v) is 3.43. The Morgan fingerprint density at radius 1 is 1.33 bits per heavy atom. The van der Waals surface area contributed by atoms with Crippen LogP contribution >= 0.6 is 0 Å². The summed E-state index contributed by atoms with van der Waals surface area (Å²) in [4.78, 5) is 14.7. The molecule has 2 aliphatic rings. The standard InChI is InChI=1S/C14H26N2O2/c1-2-16(13-7-3-5-11(13)9-15)14(17)12-6-4-8-18-10-12/h11-13H,2-10,15H2,1H3. The van der Waals surface area contributed by atoms with Gasteiger partial charge in [0, 0.05) is 19.2 Å². The Hall–Kier alpha value is -0.610. The lowest BCUT2D eigenvalue weighted by molar-refractivity contribution is -0.142. The zero-order valence-electron chi connectivity index (χ0n) is 11.4. The molecule has 3 unspecified atom stereocenters. The second-order valence-electron chi connectivity index (χ2n) is 5.53. The highest BCUT2D eigenvalue weighted by atomic mass is 16.5. The lowest BCUT2D eigenvalue weighted by Gasteiger charge is -2.35. The van der Waals surface area contributed by atoms with E-state index < -0.39 is 0 Å². The van der Waals surface area contributed by atoms with E-state index >= 15 is 0 Å². The van der Waals surface area contributed by atoms with Crippen molar-refractivity contribution in [3.05, 3.63) is 0 Å². The van der Waals surface area contributed by atoms with E-state index in [-0.39, 0.29) is 5.92 Å². The van der Waals surface area contributed by atoms with Gasteiger partial charge in [0.25, 0.3) is 0 Å². The molecule has 1 aliphatic heterocycles. The molecule has 104 valence electrons. The van der Waals surface area contributed by atoms with Crippen LogP contribution in [0.15, 0.2) is 0 Å². The maximum Gasteiger partial charge on any atom is 0.228 e. The number of hydrogen-bond donors (Lipinski definition) is 1. The summed E-state index contributed by atoms with van der Waals surface area (Å²) in [7, 11) is 0. The van der Waals surface area contributed by atoms with Crippen LogP contribution < -0.4 is 5.73 Å². The summed E-state index contributed by atoms with van der Waals surface area (Å²) < 4.78 is 5.44. The van der Waals surface area contributed by atoms with Crippen LogP contribution in [0.2, 0.25) is 0 Å². The minimum Gasteiger partial charge on any atom is -0.381 e. The van der Waals surface area contributed by atoms with Gasteiger partial charge in [-0.1, -0.05) is 6.42 Å². The molecule has 0 aromatic heterocycles. The highest BCUT2D eigenvalue weighted by Gasteiger charge is 2.36. The molecule has 0 radical (unpaired) electrons. The minimum atomic E-state index is 0.0812. The fraction of sp³-hybridized carbons (Fsp3) is 0.929. The predicted octanol–water partition coefficient (Wildman–Crippen LogP) is 1.39. The van der Waals surface area contributed by atoms with E-state index in [1.807, 2.05) is 0 Å². The van der Waals surface area contributed by atoms with Gasteiger partial charge in [-0.2, -0.15) is 0 Å². The molecule has 1 heterocycles. The SMILES string of the molecule is CCN(C(=O)C1CCCOC1)C1CCCC1CN. The quantitative estimate of drug-likeness (QED) is 0.825. The zero-order valence-corrected chi connectivity index (χ0v) is 11.4. The smallest absolute Gasteiger partial charge is 0.228 e. The molecule has 1 amide bonds. The zero-order chi connectivity index (χ0) is 13.0. The lowest BCUT2D eigenvalue weighted by Crippen LogP contribution is -2.48. The van der Waals surface area contributed by atoms with Gasteiger partial charge >= 0.3 is 0 Å². The van der Waals surface area contributed by atoms with Crippen molar-refractivity contribution in [3.63, 3.8) is 0 Å². The van der Waals surface area contributed by atoms with Crippen LogP contribution in [0.4, 0.5) is 0 Å². The number of nitrogens with zero attached hydrogens (tertiary/aromatic N) is 1. The number of amides is 1. The van der Waals surface area contributed by atoms with Crippen molar-refractivity contribution >= 4 is 5.91 Å². The third-order valence-corrected chi connectivity index (χ3v) is 4.46. The second-order valence-corrected chi connectivity index (χ2v) is 5.53. The van der Waals surface area contributed by atoms with Crippen LogP contribution in [0.25, 0.3) is 0 Å². The third kappa shape index (κ3) is 2.86. The molecular weight excluding hydrogens is 228 g/mol. The van der Waals surface area contributed by atoms with Gasteiger partial charge in [0.15, 0.2) is 0 Å². The number of carbonyl (C=O) groups excluding carboxylic acids is 1. The van der Waals surface area contributed by atoms with Crippen molar-refractivity contribution in [2.75, 3.05) is 26.3 Å². The molecule has 18 heavy (non-hydrogen) atoms. The normalized spacial score (nSPS) is 32.4. The van der Waals surface area contributed by atoms with Crippen molar-refractivity contribution in [3.8, 4) is 0 Å². The van der Waals surface area contributed by atoms with E-state index in [0.29, 0.717) is 31.0 Å². The molecule has 0 aromatic rings. The Balaban J connectivity index is 2.00. The van der Waals surface area contributed by atoms with Crippen molar-refractivity contribution < 1.29 is 9.53 Å². The Morgan fingerprint density at radius 3 is 2.78 bits per heavy atom. The minimum absolute atomic E-state index is 0.0812. The van der Waals surface area contributed by atoms with Crippen LogP contribution in [-0.4, -0.2) is 43.2 Å². The van der Waals surface area contributed by atoms with Gasteiger partial charge < -0.3 is 15.4 Å². The Bertz CT molecular complexity index is 277. The van der Waals surface area contributed by atoms with Gasteiger partial charge in [-0.25, -0.2) is 0 Å². The van der Waals surface area contributed by atoms with E-state index in [1.54, 1.807) is 0 Å². The summed E-state index contributed by atoms with van der Waals surface area (Å²) >= 11 is 0. The topological polar surface area (TPSA) is 55.6 Å². The molecule has 1 aliphatic carbocycles. The monoisotopic (exact) mass is 254 g/mol. The first kappa shape index (κ1) is 13.8. The van der Waals surface area contributed by atoms with Crippen LogP contribution in [0.3, 0.4) is 0 Å². The molecular formula is C14H26N2O2. The Kier molecular flexibility index (Phi) is 5.01. The third-order valence-electron chi connectivity index (χ3n) is 4.46. The van der Waals surface area contributed by atoms with E-state index in [4.69, 9.17) is 10.5 Å². The number of ether oxygens (including phenoxy) is 1. The average molecular weight is 254 g/mol. The second kappa shape index (κ2) is 6.53. The summed E-state index contributed by atoms with van der Waals surface area (Å²) in [5.41, 5.74) is 5.83. The summed E-state index contributed by atoms with van der Waals surface area (Å²) in [5.74, 6) is 0.874. The molecule has 2 fully saturated rings. The molecule has 4 nitrogen and oxygen atoms in total. The molecule has 4 heteroatoms. The first-order chi connectivity index (χ1) is 8.77. The van der Waals surface area contributed by atoms with Crippen molar-refractivity contribution in [2.24, 2.45) is 17.6 Å². The molecule has 0 spiro atoms. The summed E-state index contributed by atoms with van der Waals surface area (Å²) in [6, 6.07) is 0.370. The predicted molar refractivity (Wildman–Crippen MR) is 71.1 cm³/mol. The van der Waals surface area contributed by atoms with Gasteiger partial charge in [-0.3, -0.25) is 4.79 Å². The molecule has 1 saturated carbocycles. The lowest BCUT2D eigenvalue weighted by atomic mass is 9.97. The van der Waals surface area contributed by atoms with Crippen LogP contribution in [0, 0.1) is 11.8 Å². The molecule has 3 atom stereocenters. The van der Waals surface area contributed by atoms with Gasteiger partial charge in [-0.05, 0) is 45.1 Å². The van der Waals surface area contributed by atoms with Gasteiger partial charge in [0.1, 0.15) is 0 Å². The van der Waals surface area contributed by atoms with Crippen molar-refractivity contribution in [2.45, 2.75) is 45.1 Å². The highest BCUT2D eigenvalue weighted by Crippen LogP contribution is 2.31. The molecule has 0 bridgehead atoms. The fourth-order valence-electron chi connectivity index (χ4n) is 3.43. The first-order valence-corrected chi connectivity index (χ1v) is 7.36. The highest BCUT2D eigenvalue weighted by molar-refractivity contribution is 5.79. The van der Waals surface area contributed by atoms with Crippen molar-refractivity contribution in [1.29, 1.82) is 0 Å². The van der Waals surface area contributed by atoms with E-state index in [9.17, 15) is 4.79 Å². The van der Waals surface area contributed by atoms with Gasteiger partial charge in [0.2, 0.25) is 5.91 Å². The Labute approximate surface area is 110 Å². The Morgan fingerprint density at radius 2 is 2.17 bits per heavy atom. The number of rotatable bonds is 4. The first-order valence-electron chi connectivity index (χ1n) is 7.36. The number of carbonyl (C=O) groups is 1. The van der Waals surface area contributed by atoms with Gasteiger partial charge in [0.05, 0.1) is 12.5 Å². The van der Waals surface area contributed by atoms with Crippen LogP contribution in [0.5, 0.6) is 0 Å². The molecule has 2 rings (SSSR count). The maximum atomic E-state index is 12.6. The van der Waals surface area contributed by atoms with E-state index in [0.717, 1.165) is 32.4 Å².